The molecule has 102 valence electrons. The molecular formula is C17H29N. The van der Waals surface area contributed by atoms with Gasteiger partial charge in [-0.15, -0.1) is 0 Å². The van der Waals surface area contributed by atoms with Crippen molar-refractivity contribution in [1.29, 1.82) is 0 Å². The van der Waals surface area contributed by atoms with Gasteiger partial charge in [0.1, 0.15) is 0 Å². The van der Waals surface area contributed by atoms with E-state index in [-0.39, 0.29) is 0 Å². The zero-order valence-electron chi connectivity index (χ0n) is 11.8. The van der Waals surface area contributed by atoms with E-state index in [0.29, 0.717) is 0 Å². The van der Waals surface area contributed by atoms with Crippen molar-refractivity contribution in [2.24, 2.45) is 28.7 Å². The Bertz CT molecular complexity index is 243. The zero-order chi connectivity index (χ0) is 12.2. The summed E-state index contributed by atoms with van der Waals surface area (Å²) in [6.07, 6.45) is 18.5. The van der Waals surface area contributed by atoms with Crippen molar-refractivity contribution in [1.82, 2.24) is 0 Å². The van der Waals surface area contributed by atoms with Crippen LogP contribution in [0.15, 0.2) is 4.99 Å². The molecule has 0 spiro atoms. The minimum atomic E-state index is 0.943. The molecule has 0 bridgehead atoms. The standard InChI is InChI=1S/C17H29N/c1-3-7-14(8-4-1)16-11-12-18-13-17(16)15-9-5-2-6-10-15/h12,14-17H,1-11,13H2. The van der Waals surface area contributed by atoms with E-state index < -0.39 is 0 Å². The van der Waals surface area contributed by atoms with Crippen molar-refractivity contribution in [2.45, 2.75) is 70.6 Å². The maximum Gasteiger partial charge on any atom is 0.0419 e. The fourth-order valence-electron chi connectivity index (χ4n) is 4.87. The summed E-state index contributed by atoms with van der Waals surface area (Å²) in [5, 5.41) is 0. The summed E-state index contributed by atoms with van der Waals surface area (Å²) in [4.78, 5) is 4.65. The lowest BCUT2D eigenvalue weighted by Gasteiger charge is -2.41. The van der Waals surface area contributed by atoms with Gasteiger partial charge in [-0.1, -0.05) is 64.2 Å². The molecule has 1 aliphatic heterocycles. The van der Waals surface area contributed by atoms with E-state index in [1.165, 1.54) is 70.6 Å². The third-order valence-electron chi connectivity index (χ3n) is 5.88. The maximum atomic E-state index is 4.65. The third kappa shape index (κ3) is 2.81. The van der Waals surface area contributed by atoms with Crippen molar-refractivity contribution in [3.05, 3.63) is 0 Å². The van der Waals surface area contributed by atoms with Crippen molar-refractivity contribution in [3.8, 4) is 0 Å². The molecule has 1 heteroatoms. The summed E-state index contributed by atoms with van der Waals surface area (Å²) in [5.41, 5.74) is 0. The quantitative estimate of drug-likeness (QED) is 0.661. The SMILES string of the molecule is C1=NCC(C2CCCCC2)C(C2CCCCC2)C1. The van der Waals surface area contributed by atoms with E-state index in [0.717, 1.165) is 30.2 Å². The van der Waals surface area contributed by atoms with Gasteiger partial charge in [0, 0.05) is 6.54 Å². The number of hydrogen-bond donors (Lipinski definition) is 0. The first-order valence-electron chi connectivity index (χ1n) is 8.43. The second-order valence-corrected chi connectivity index (χ2v) is 6.91. The lowest BCUT2D eigenvalue weighted by atomic mass is 9.65. The molecule has 2 unspecified atom stereocenters. The topological polar surface area (TPSA) is 12.4 Å². The first-order chi connectivity index (χ1) is 8.95. The van der Waals surface area contributed by atoms with Crippen molar-refractivity contribution in [3.63, 3.8) is 0 Å². The lowest BCUT2D eigenvalue weighted by Crippen LogP contribution is -2.35. The van der Waals surface area contributed by atoms with Gasteiger partial charge in [-0.25, -0.2) is 0 Å². The molecular weight excluding hydrogens is 218 g/mol. The predicted molar refractivity (Wildman–Crippen MR) is 78.1 cm³/mol. The monoisotopic (exact) mass is 247 g/mol. The fourth-order valence-corrected chi connectivity index (χ4v) is 4.87. The van der Waals surface area contributed by atoms with E-state index in [9.17, 15) is 0 Å². The summed E-state index contributed by atoms with van der Waals surface area (Å²) in [6, 6.07) is 0. The van der Waals surface area contributed by atoms with Gasteiger partial charge < -0.3 is 0 Å². The van der Waals surface area contributed by atoms with Crippen LogP contribution in [0.25, 0.3) is 0 Å². The molecule has 2 aliphatic carbocycles. The van der Waals surface area contributed by atoms with Crippen LogP contribution in [0.4, 0.5) is 0 Å². The van der Waals surface area contributed by atoms with Crippen LogP contribution in [0.5, 0.6) is 0 Å². The molecule has 3 aliphatic rings. The van der Waals surface area contributed by atoms with Gasteiger partial charge in [-0.05, 0) is 36.3 Å². The van der Waals surface area contributed by atoms with E-state index in [2.05, 4.69) is 11.2 Å². The zero-order valence-corrected chi connectivity index (χ0v) is 11.8. The van der Waals surface area contributed by atoms with Crippen molar-refractivity contribution in [2.75, 3.05) is 6.54 Å². The molecule has 1 nitrogen and oxygen atoms in total. The average Bonchev–Trinajstić information content (AvgIpc) is 2.49. The Morgan fingerprint density at radius 1 is 0.667 bits per heavy atom. The molecule has 2 fully saturated rings. The maximum absolute atomic E-state index is 4.65. The van der Waals surface area contributed by atoms with Crippen LogP contribution in [-0.4, -0.2) is 12.8 Å². The number of hydrogen-bond acceptors (Lipinski definition) is 1. The van der Waals surface area contributed by atoms with E-state index in [1.807, 2.05) is 0 Å². The summed E-state index contributed by atoms with van der Waals surface area (Å²) < 4.78 is 0. The first-order valence-corrected chi connectivity index (χ1v) is 8.43. The average molecular weight is 247 g/mol. The third-order valence-corrected chi connectivity index (χ3v) is 5.88. The van der Waals surface area contributed by atoms with Crippen LogP contribution in [0.3, 0.4) is 0 Å². The predicted octanol–water partition coefficient (Wildman–Crippen LogP) is 4.85. The van der Waals surface area contributed by atoms with Gasteiger partial charge in [-0.3, -0.25) is 4.99 Å². The molecule has 0 N–H and O–H groups in total. The molecule has 0 amide bonds. The number of aliphatic imine (C=N–C) groups is 1. The van der Waals surface area contributed by atoms with E-state index in [4.69, 9.17) is 0 Å². The smallest absolute Gasteiger partial charge is 0.0419 e. The molecule has 1 heterocycles. The molecule has 0 aromatic heterocycles. The largest absolute Gasteiger partial charge is 0.297 e. The normalized spacial score (nSPS) is 35.8. The van der Waals surface area contributed by atoms with Gasteiger partial charge >= 0.3 is 0 Å². The Kier molecular flexibility index (Phi) is 4.38. The Labute approximate surface area is 112 Å². The molecule has 2 atom stereocenters. The van der Waals surface area contributed by atoms with Gasteiger partial charge in [0.05, 0.1) is 0 Å². The highest BCUT2D eigenvalue weighted by atomic mass is 14.7. The number of nitrogens with zero attached hydrogens (tertiary/aromatic N) is 1. The van der Waals surface area contributed by atoms with Crippen LogP contribution >= 0.6 is 0 Å². The van der Waals surface area contributed by atoms with Crippen molar-refractivity contribution < 1.29 is 0 Å². The molecule has 2 saturated carbocycles. The fraction of sp³-hybridized carbons (Fsp3) is 0.941. The molecule has 0 radical (unpaired) electrons. The Hall–Kier alpha value is -0.330. The number of rotatable bonds is 2. The van der Waals surface area contributed by atoms with Crippen LogP contribution in [-0.2, 0) is 0 Å². The van der Waals surface area contributed by atoms with Crippen LogP contribution in [0, 0.1) is 23.7 Å². The highest BCUT2D eigenvalue weighted by molar-refractivity contribution is 5.58. The second kappa shape index (κ2) is 6.21. The van der Waals surface area contributed by atoms with E-state index in [1.54, 1.807) is 0 Å². The van der Waals surface area contributed by atoms with E-state index >= 15 is 0 Å². The minimum absolute atomic E-state index is 0.943. The molecule has 0 saturated heterocycles. The highest BCUT2D eigenvalue weighted by Crippen LogP contribution is 2.43. The van der Waals surface area contributed by atoms with Crippen LogP contribution in [0.2, 0.25) is 0 Å². The first kappa shape index (κ1) is 12.7. The second-order valence-electron chi connectivity index (χ2n) is 6.91. The molecule has 0 aromatic carbocycles. The summed E-state index contributed by atoms with van der Waals surface area (Å²) in [7, 11) is 0. The molecule has 0 aromatic rings. The lowest BCUT2D eigenvalue weighted by molar-refractivity contribution is 0.113. The Balaban J connectivity index is 1.67. The highest BCUT2D eigenvalue weighted by Gasteiger charge is 2.36. The van der Waals surface area contributed by atoms with Crippen LogP contribution < -0.4 is 0 Å². The van der Waals surface area contributed by atoms with Gasteiger partial charge in [-0.2, -0.15) is 0 Å². The van der Waals surface area contributed by atoms with Crippen molar-refractivity contribution >= 4 is 6.21 Å². The van der Waals surface area contributed by atoms with Gasteiger partial charge in [0.15, 0.2) is 0 Å². The summed E-state index contributed by atoms with van der Waals surface area (Å²) in [5.74, 6) is 3.99. The van der Waals surface area contributed by atoms with Gasteiger partial charge in [0.25, 0.3) is 0 Å². The Morgan fingerprint density at radius 2 is 1.22 bits per heavy atom. The minimum Gasteiger partial charge on any atom is -0.297 e. The molecule has 18 heavy (non-hydrogen) atoms. The summed E-state index contributed by atoms with van der Waals surface area (Å²) >= 11 is 0. The van der Waals surface area contributed by atoms with Crippen LogP contribution in [0.1, 0.15) is 70.6 Å². The van der Waals surface area contributed by atoms with Gasteiger partial charge in [0.2, 0.25) is 0 Å². The summed E-state index contributed by atoms with van der Waals surface area (Å²) in [6.45, 7) is 1.16. The molecule has 3 rings (SSSR count). The Morgan fingerprint density at radius 3 is 1.83 bits per heavy atom.